The van der Waals surface area contributed by atoms with E-state index in [-0.39, 0.29) is 96.1 Å². The number of allylic oxidation sites excluding steroid dienone is 1. The van der Waals surface area contributed by atoms with Crippen LogP contribution in [0.4, 0.5) is 27.6 Å². The normalized spacial score (nSPS) is 18.1. The number of anilines is 1. The molecule has 25 heteroatoms. The first kappa shape index (κ1) is 66.5. The van der Waals surface area contributed by atoms with Gasteiger partial charge in [-0.15, -0.1) is 0 Å². The molecule has 2 saturated heterocycles. The number of halogens is 5. The molecule has 3 amide bonds. The predicted octanol–water partition coefficient (Wildman–Crippen LogP) is 5.40. The van der Waals surface area contributed by atoms with Crippen molar-refractivity contribution in [3.05, 3.63) is 132 Å². The second kappa shape index (κ2) is 33.7. The molecule has 0 unspecified atom stereocenters. The Kier molecular flexibility index (Phi) is 27.1. The van der Waals surface area contributed by atoms with Gasteiger partial charge < -0.3 is 71.8 Å². The van der Waals surface area contributed by atoms with E-state index in [1.807, 2.05) is 52.1 Å². The summed E-state index contributed by atoms with van der Waals surface area (Å²) in [7, 11) is 0. The molecule has 3 heterocycles. The molecule has 4 aromatic rings. The minimum atomic E-state index is -2.40. The van der Waals surface area contributed by atoms with Gasteiger partial charge in [0.15, 0.2) is 30.8 Å². The number of carboxylic acid groups (broad SMARTS) is 1. The van der Waals surface area contributed by atoms with Crippen molar-refractivity contribution in [3.63, 3.8) is 0 Å². The van der Waals surface area contributed by atoms with Crippen LogP contribution in [0.25, 0.3) is 6.08 Å². The van der Waals surface area contributed by atoms with Gasteiger partial charge in [0, 0.05) is 61.7 Å². The molecule has 1 aromatic heterocycles. The molecule has 3 aromatic carbocycles. The van der Waals surface area contributed by atoms with E-state index in [0.29, 0.717) is 23.5 Å². The Morgan fingerprint density at radius 1 is 0.711 bits per heavy atom. The van der Waals surface area contributed by atoms with Crippen molar-refractivity contribution < 1.29 is 104 Å². The van der Waals surface area contributed by atoms with Crippen LogP contribution < -0.4 is 24.7 Å². The number of carbonyl (C=O) groups is 6. The number of rotatable bonds is 31. The van der Waals surface area contributed by atoms with Gasteiger partial charge in [0.2, 0.25) is 52.9 Å². The quantitative estimate of drug-likeness (QED) is 0.00424. The Hall–Kier alpha value is -7.26. The SMILES string of the molecule is O=C(/C=C/c1ccc[n+](Cc2ccc(O[C@@H]3O[C@H](C(=O)O)[C@@H](O)[C@H](O)[C@H]3O)c(NC(=O)CCNC(=O)CCOCCOCCOCCC(=O)Oc3c(F)c(F)c(F)c(F)c3F)c2)c1)CCCCCC1CCN(C(=O)c2ccccc2)CC1.[CH3-]. The number of benzene rings is 3. The number of carbonyl (C=O) groups excluding carboxylic acids is 5. The van der Waals surface area contributed by atoms with Crippen LogP contribution in [0.2, 0.25) is 0 Å². The second-order valence-electron chi connectivity index (χ2n) is 19.4. The van der Waals surface area contributed by atoms with Crippen LogP contribution in [0, 0.1) is 42.4 Å². The molecule has 6 N–H and O–H groups in total. The third-order valence-corrected chi connectivity index (χ3v) is 13.3. The lowest BCUT2D eigenvalue weighted by Crippen LogP contribution is -2.61. The number of aliphatic hydroxyl groups is 3. The maximum Gasteiger partial charge on any atom is 0.335 e. The molecule has 0 spiro atoms. The summed E-state index contributed by atoms with van der Waals surface area (Å²) in [5.74, 6) is -16.7. The Morgan fingerprint density at radius 3 is 2.04 bits per heavy atom. The number of esters is 1. The Bertz CT molecular complexity index is 2810. The first-order valence-corrected chi connectivity index (χ1v) is 26.7. The molecular formula is C58H69F5N4O16. The molecule has 83 heavy (non-hydrogen) atoms. The highest BCUT2D eigenvalue weighted by atomic mass is 19.2. The van der Waals surface area contributed by atoms with Crippen LogP contribution in [0.15, 0.2) is 79.1 Å². The van der Waals surface area contributed by atoms with E-state index < -0.39 is 95.7 Å². The summed E-state index contributed by atoms with van der Waals surface area (Å²) >= 11 is 0. The fourth-order valence-corrected chi connectivity index (χ4v) is 8.79. The molecule has 2 aliphatic heterocycles. The number of piperidine rings is 1. The number of pyridine rings is 1. The average Bonchev–Trinajstić information content (AvgIpc) is 3.68. The highest BCUT2D eigenvalue weighted by molar-refractivity contribution is 5.95. The molecular weight excluding hydrogens is 1100 g/mol. The first-order valence-electron chi connectivity index (χ1n) is 26.7. The summed E-state index contributed by atoms with van der Waals surface area (Å²) in [6, 6.07) is 17.6. The van der Waals surface area contributed by atoms with Gasteiger partial charge in [-0.2, -0.15) is 8.78 Å². The number of carboxylic acids is 1. The van der Waals surface area contributed by atoms with E-state index in [4.69, 9.17) is 23.7 Å². The lowest BCUT2D eigenvalue weighted by Gasteiger charge is -2.38. The molecule has 0 radical (unpaired) electrons. The fourth-order valence-electron chi connectivity index (χ4n) is 8.79. The summed E-state index contributed by atoms with van der Waals surface area (Å²) in [6.45, 7) is 1.43. The first-order chi connectivity index (χ1) is 39.4. The highest BCUT2D eigenvalue weighted by Crippen LogP contribution is 2.32. The molecule has 20 nitrogen and oxygen atoms in total. The maximum absolute atomic E-state index is 13.7. The van der Waals surface area contributed by atoms with Crippen molar-refractivity contribution in [3.8, 4) is 11.5 Å². The molecule has 5 atom stereocenters. The molecule has 0 aliphatic carbocycles. The highest BCUT2D eigenvalue weighted by Gasteiger charge is 2.48. The lowest BCUT2D eigenvalue weighted by atomic mass is 9.90. The van der Waals surface area contributed by atoms with Crippen LogP contribution in [-0.2, 0) is 49.5 Å². The molecule has 6 rings (SSSR count). The minimum Gasteiger partial charge on any atom is -0.479 e. The number of nitrogens with one attached hydrogen (secondary N) is 2. The topological polar surface area (TPSA) is 270 Å². The number of nitrogens with zero attached hydrogens (tertiary/aromatic N) is 2. The number of aliphatic carboxylic acids is 1. The summed E-state index contributed by atoms with van der Waals surface area (Å²) in [6.07, 6.45) is 2.55. The zero-order chi connectivity index (χ0) is 59.1. The van der Waals surface area contributed by atoms with Gasteiger partial charge in [0.1, 0.15) is 24.1 Å². The Labute approximate surface area is 476 Å². The van der Waals surface area contributed by atoms with Crippen LogP contribution in [0.3, 0.4) is 0 Å². The number of ketones is 1. The predicted molar refractivity (Wildman–Crippen MR) is 286 cm³/mol. The Balaban J connectivity index is 0.0000126. The smallest absolute Gasteiger partial charge is 0.335 e. The van der Waals surface area contributed by atoms with E-state index >= 15 is 0 Å². The number of aliphatic hydroxyl groups excluding tert-OH is 3. The Morgan fingerprint density at radius 2 is 1.36 bits per heavy atom. The van der Waals surface area contributed by atoms with Crippen molar-refractivity contribution in [1.29, 1.82) is 0 Å². The number of likely N-dealkylation sites (tertiary alicyclic amines) is 1. The monoisotopic (exact) mass is 1170 g/mol. The standard InChI is InChI=1S/C57H65F5N4O16.CH3/c58-45-46(59)48(61)53(49(62)47(45)60)81-44(70)21-27-78-29-31-79-30-28-77-26-20-42(68)63-22-17-43(69)64-40-32-37(14-16-41(40)80-57-52(73)50(71)51(72)54(82-57)56(75)76)34-65-23-7-9-36(33-65)13-15-39(67)12-6-1-3-8-35-18-24-66(25-19-35)55(74)38-10-4-2-5-11-38;/h2,4-5,7,9-11,13-16,23,32-33,35,50-52,54,57,71-73H,1,3,6,8,12,17-22,24-31,34H2,(H2-,63,64,68,69,75,76);1H3/q;-1/p+1/b15-13+;/t50-,51-,52+,54-,57+;/m0./s1. The number of hydrogen-bond donors (Lipinski definition) is 6. The van der Waals surface area contributed by atoms with Gasteiger partial charge in [-0.1, -0.05) is 37.5 Å². The van der Waals surface area contributed by atoms with Gasteiger partial charge in [-0.05, 0) is 73.7 Å². The fraction of sp³-hybridized carbons (Fsp3) is 0.448. The average molecular weight is 1170 g/mol. The van der Waals surface area contributed by atoms with E-state index in [9.17, 15) is 71.1 Å². The zero-order valence-electron chi connectivity index (χ0n) is 45.7. The lowest BCUT2D eigenvalue weighted by molar-refractivity contribution is -0.688. The van der Waals surface area contributed by atoms with Gasteiger partial charge in [-0.25, -0.2) is 22.5 Å². The summed E-state index contributed by atoms with van der Waals surface area (Å²) < 4.78 is 100. The molecule has 0 saturated carbocycles. The van der Waals surface area contributed by atoms with Crippen molar-refractivity contribution in [2.24, 2.45) is 5.92 Å². The van der Waals surface area contributed by atoms with Crippen molar-refractivity contribution in [1.82, 2.24) is 10.2 Å². The summed E-state index contributed by atoms with van der Waals surface area (Å²) in [4.78, 5) is 76.9. The molecule has 452 valence electrons. The van der Waals surface area contributed by atoms with Crippen LogP contribution in [-0.4, -0.2) is 151 Å². The van der Waals surface area contributed by atoms with Crippen LogP contribution in [0.1, 0.15) is 85.7 Å². The molecule has 0 bridgehead atoms. The second-order valence-corrected chi connectivity index (χ2v) is 19.4. The van der Waals surface area contributed by atoms with Crippen molar-refractivity contribution in [2.45, 2.75) is 101 Å². The van der Waals surface area contributed by atoms with Crippen LogP contribution in [0.5, 0.6) is 11.5 Å². The van der Waals surface area contributed by atoms with Gasteiger partial charge in [0.05, 0.1) is 51.7 Å². The molecule has 2 aliphatic rings. The van der Waals surface area contributed by atoms with Crippen LogP contribution >= 0.6 is 0 Å². The van der Waals surface area contributed by atoms with E-state index in [0.717, 1.165) is 57.2 Å². The maximum atomic E-state index is 13.7. The van der Waals surface area contributed by atoms with E-state index in [2.05, 4.69) is 15.4 Å². The largest absolute Gasteiger partial charge is 0.479 e. The number of aromatic nitrogens is 1. The van der Waals surface area contributed by atoms with E-state index in [1.165, 1.54) is 6.07 Å². The number of hydrogen-bond acceptors (Lipinski definition) is 15. The van der Waals surface area contributed by atoms with Gasteiger partial charge in [-0.3, -0.25) is 24.0 Å². The summed E-state index contributed by atoms with van der Waals surface area (Å²) in [5, 5.41) is 46.1. The zero-order valence-corrected chi connectivity index (χ0v) is 45.7. The van der Waals surface area contributed by atoms with Crippen molar-refractivity contribution >= 4 is 47.2 Å². The molecule has 2 fully saturated rings. The number of amides is 3. The minimum absolute atomic E-state index is 0. The van der Waals surface area contributed by atoms with Crippen molar-refractivity contribution in [2.75, 3.05) is 64.6 Å². The third-order valence-electron chi connectivity index (χ3n) is 13.3. The van der Waals surface area contributed by atoms with E-state index in [1.54, 1.807) is 36.5 Å². The van der Waals surface area contributed by atoms with Gasteiger partial charge >= 0.3 is 11.9 Å². The number of ether oxygens (including phenoxy) is 6. The summed E-state index contributed by atoms with van der Waals surface area (Å²) in [5.41, 5.74) is 2.14. The third kappa shape index (κ3) is 20.5. The number of unbranched alkanes of at least 4 members (excludes halogenated alkanes) is 2. The van der Waals surface area contributed by atoms with Gasteiger partial charge in [0.25, 0.3) is 5.91 Å².